The fourth-order valence-electron chi connectivity index (χ4n) is 3.51. The molecule has 2 aromatic heterocycles. The minimum Gasteiger partial charge on any atom is -0.497 e. The third-order valence-corrected chi connectivity index (χ3v) is 6.59. The van der Waals surface area contributed by atoms with Crippen LogP contribution >= 0.6 is 11.3 Å². The van der Waals surface area contributed by atoms with Gasteiger partial charge in [0.15, 0.2) is 0 Å². The summed E-state index contributed by atoms with van der Waals surface area (Å²) in [7, 11) is 1.62. The minimum absolute atomic E-state index is 0.0641. The van der Waals surface area contributed by atoms with Gasteiger partial charge in [-0.1, -0.05) is 42.5 Å². The molecule has 0 saturated heterocycles. The molecule has 174 valence electrons. The molecule has 2 heterocycles. The first-order chi connectivity index (χ1) is 16.5. The van der Waals surface area contributed by atoms with E-state index in [0.717, 1.165) is 32.5 Å². The number of hydrogen-bond donors (Lipinski definition) is 1. The van der Waals surface area contributed by atoms with Gasteiger partial charge in [-0.25, -0.2) is 9.67 Å². The monoisotopic (exact) mass is 474 g/mol. The van der Waals surface area contributed by atoms with Crippen molar-refractivity contribution >= 4 is 17.2 Å². The first-order valence-electron chi connectivity index (χ1n) is 11.0. The van der Waals surface area contributed by atoms with Crippen LogP contribution in [0.4, 0.5) is 0 Å². The molecule has 7 nitrogen and oxygen atoms in total. The molecule has 0 radical (unpaired) electrons. The normalized spacial score (nSPS) is 10.8. The molecule has 4 rings (SSSR count). The number of ether oxygens (including phenoxy) is 1. The van der Waals surface area contributed by atoms with Crippen LogP contribution in [0, 0.1) is 6.92 Å². The number of carbonyl (C=O) groups excluding carboxylic acids is 1. The summed E-state index contributed by atoms with van der Waals surface area (Å²) in [5.41, 5.74) is 3.47. The zero-order valence-corrected chi connectivity index (χ0v) is 20.0. The van der Waals surface area contributed by atoms with Gasteiger partial charge in [-0.3, -0.25) is 9.59 Å². The second-order valence-electron chi connectivity index (χ2n) is 7.78. The van der Waals surface area contributed by atoms with Gasteiger partial charge in [-0.2, -0.15) is 5.10 Å². The van der Waals surface area contributed by atoms with Gasteiger partial charge in [-0.05, 0) is 37.1 Å². The van der Waals surface area contributed by atoms with Gasteiger partial charge in [0.2, 0.25) is 5.91 Å². The van der Waals surface area contributed by atoms with E-state index < -0.39 is 0 Å². The number of aromatic nitrogens is 3. The van der Waals surface area contributed by atoms with Crippen molar-refractivity contribution in [1.29, 1.82) is 0 Å². The van der Waals surface area contributed by atoms with Crippen LogP contribution in [0.3, 0.4) is 0 Å². The zero-order chi connectivity index (χ0) is 23.9. The van der Waals surface area contributed by atoms with Gasteiger partial charge in [0.1, 0.15) is 16.5 Å². The van der Waals surface area contributed by atoms with Gasteiger partial charge < -0.3 is 10.1 Å². The molecule has 4 aromatic rings. The van der Waals surface area contributed by atoms with E-state index in [0.29, 0.717) is 31.6 Å². The van der Waals surface area contributed by atoms with Crippen LogP contribution in [-0.4, -0.2) is 34.3 Å². The van der Waals surface area contributed by atoms with Crippen LogP contribution in [0.5, 0.6) is 5.75 Å². The largest absolute Gasteiger partial charge is 0.497 e. The van der Waals surface area contributed by atoms with E-state index in [9.17, 15) is 9.59 Å². The molecule has 0 bridgehead atoms. The smallest absolute Gasteiger partial charge is 0.266 e. The second kappa shape index (κ2) is 10.9. The minimum atomic E-state index is -0.207. The molecular formula is C26H26N4O3S. The van der Waals surface area contributed by atoms with Crippen LogP contribution in [0.2, 0.25) is 0 Å². The van der Waals surface area contributed by atoms with Crippen molar-refractivity contribution in [3.05, 3.63) is 88.3 Å². The molecule has 1 N–H and O–H groups in total. The Bertz CT molecular complexity index is 1310. The lowest BCUT2D eigenvalue weighted by Crippen LogP contribution is -2.32. The fourth-order valence-corrected chi connectivity index (χ4v) is 4.54. The van der Waals surface area contributed by atoms with Crippen LogP contribution < -0.4 is 15.6 Å². The van der Waals surface area contributed by atoms with E-state index in [1.54, 1.807) is 24.5 Å². The third-order valence-electron chi connectivity index (χ3n) is 5.36. The Morgan fingerprint density at radius 3 is 2.56 bits per heavy atom. The van der Waals surface area contributed by atoms with E-state index in [1.807, 2.05) is 61.5 Å². The molecule has 8 heteroatoms. The summed E-state index contributed by atoms with van der Waals surface area (Å²) in [6.45, 7) is 2.57. The lowest BCUT2D eigenvalue weighted by Gasteiger charge is -2.08. The Hall–Kier alpha value is -3.78. The fraction of sp³-hybridized carbons (Fsp3) is 0.231. The third kappa shape index (κ3) is 5.77. The molecule has 0 aliphatic rings. The zero-order valence-electron chi connectivity index (χ0n) is 19.2. The first-order valence-corrected chi connectivity index (χ1v) is 11.9. The van der Waals surface area contributed by atoms with Gasteiger partial charge >= 0.3 is 0 Å². The highest BCUT2D eigenvalue weighted by atomic mass is 32.1. The quantitative estimate of drug-likeness (QED) is 0.395. The predicted octanol–water partition coefficient (Wildman–Crippen LogP) is 4.10. The van der Waals surface area contributed by atoms with Gasteiger partial charge in [-0.15, -0.1) is 11.3 Å². The maximum atomic E-state index is 12.3. The van der Waals surface area contributed by atoms with Crippen molar-refractivity contribution < 1.29 is 9.53 Å². The number of hydrogen-bond acceptors (Lipinski definition) is 6. The summed E-state index contributed by atoms with van der Waals surface area (Å²) in [5, 5.41) is 8.32. The number of rotatable bonds is 9. The average molecular weight is 475 g/mol. The summed E-state index contributed by atoms with van der Waals surface area (Å²) in [5.74, 6) is 0.726. The Labute approximate surface area is 202 Å². The number of methoxy groups -OCH3 is 1. The van der Waals surface area contributed by atoms with Crippen molar-refractivity contribution in [2.75, 3.05) is 13.7 Å². The average Bonchev–Trinajstić information content (AvgIpc) is 3.26. The van der Waals surface area contributed by atoms with E-state index in [4.69, 9.17) is 4.74 Å². The van der Waals surface area contributed by atoms with E-state index in [-0.39, 0.29) is 11.5 Å². The van der Waals surface area contributed by atoms with Crippen molar-refractivity contribution in [2.45, 2.75) is 26.3 Å². The van der Waals surface area contributed by atoms with Crippen molar-refractivity contribution in [1.82, 2.24) is 20.1 Å². The summed E-state index contributed by atoms with van der Waals surface area (Å²) in [6.07, 6.45) is 1.01. The predicted molar refractivity (Wildman–Crippen MR) is 134 cm³/mol. The van der Waals surface area contributed by atoms with Crippen LogP contribution in [-0.2, 0) is 17.8 Å². The molecule has 0 aliphatic heterocycles. The highest BCUT2D eigenvalue weighted by molar-refractivity contribution is 7.18. The first kappa shape index (κ1) is 23.4. The molecule has 0 fully saturated rings. The highest BCUT2D eigenvalue weighted by Gasteiger charge is 2.14. The molecule has 0 saturated carbocycles. The number of carbonyl (C=O) groups is 1. The number of amides is 1. The maximum Gasteiger partial charge on any atom is 0.266 e. The van der Waals surface area contributed by atoms with Gasteiger partial charge in [0.25, 0.3) is 5.56 Å². The molecule has 1 amide bonds. The van der Waals surface area contributed by atoms with Gasteiger partial charge in [0.05, 0.1) is 24.2 Å². The second-order valence-corrected chi connectivity index (χ2v) is 8.78. The number of benzene rings is 2. The number of aryl methyl sites for hydroxylation is 2. The van der Waals surface area contributed by atoms with Crippen molar-refractivity contribution in [3.63, 3.8) is 0 Å². The molecular weight excluding hydrogens is 448 g/mol. The number of nitrogens with one attached hydrogen (secondary N) is 1. The number of thiazole rings is 1. The summed E-state index contributed by atoms with van der Waals surface area (Å²) >= 11 is 1.55. The Balaban J connectivity index is 1.36. The summed E-state index contributed by atoms with van der Waals surface area (Å²) in [6, 6.07) is 20.9. The molecule has 0 unspecified atom stereocenters. The highest BCUT2D eigenvalue weighted by Crippen LogP contribution is 2.33. The molecule has 0 aliphatic carbocycles. The Morgan fingerprint density at radius 1 is 1.06 bits per heavy atom. The maximum absolute atomic E-state index is 12.3. The molecule has 0 atom stereocenters. The molecule has 2 aromatic carbocycles. The summed E-state index contributed by atoms with van der Waals surface area (Å²) < 4.78 is 6.54. The number of nitrogens with zero attached hydrogens (tertiary/aromatic N) is 3. The van der Waals surface area contributed by atoms with Crippen molar-refractivity contribution in [2.24, 2.45) is 0 Å². The molecule has 34 heavy (non-hydrogen) atoms. The van der Waals surface area contributed by atoms with Gasteiger partial charge in [0, 0.05) is 24.6 Å². The topological polar surface area (TPSA) is 86.1 Å². The van der Waals surface area contributed by atoms with E-state index in [2.05, 4.69) is 15.4 Å². The standard InChI is InChI=1S/C26H26N4O3S/c1-18-25(34-26(28-18)20-6-4-3-5-7-20)22-13-15-24(32)30(29-22)17-16-27-23(31)14-10-19-8-11-21(33-2)12-9-19/h3-9,11-13,15H,10,14,16-17H2,1-2H3,(H,27,31). The van der Waals surface area contributed by atoms with Crippen molar-refractivity contribution in [3.8, 4) is 26.9 Å². The Morgan fingerprint density at radius 2 is 1.82 bits per heavy atom. The van der Waals surface area contributed by atoms with Crippen LogP contribution in [0.25, 0.3) is 21.1 Å². The molecule has 0 spiro atoms. The Kier molecular flexibility index (Phi) is 7.49. The lowest BCUT2D eigenvalue weighted by molar-refractivity contribution is -0.121. The lowest BCUT2D eigenvalue weighted by atomic mass is 10.1. The van der Waals surface area contributed by atoms with E-state index >= 15 is 0 Å². The van der Waals surface area contributed by atoms with Crippen LogP contribution in [0.15, 0.2) is 71.5 Å². The summed E-state index contributed by atoms with van der Waals surface area (Å²) in [4.78, 5) is 30.2. The SMILES string of the molecule is COc1ccc(CCC(=O)NCCn2nc(-c3sc(-c4ccccc4)nc3C)ccc2=O)cc1. The van der Waals surface area contributed by atoms with E-state index in [1.165, 1.54) is 10.7 Å². The van der Waals surface area contributed by atoms with Crippen LogP contribution in [0.1, 0.15) is 17.7 Å².